The Bertz CT molecular complexity index is 422. The van der Waals surface area contributed by atoms with E-state index in [4.69, 9.17) is 5.11 Å². The fraction of sp³-hybridized carbons (Fsp3) is 0.273. The van der Waals surface area contributed by atoms with Crippen LogP contribution in [0.15, 0.2) is 31.4 Å². The lowest BCUT2D eigenvalue weighted by Crippen LogP contribution is -2.42. The second-order valence-electron chi connectivity index (χ2n) is 3.37. The van der Waals surface area contributed by atoms with E-state index in [1.165, 1.54) is 24.8 Å². The monoisotopic (exact) mass is 251 g/mol. The van der Waals surface area contributed by atoms with Gasteiger partial charge in [0.25, 0.3) is 0 Å². The molecule has 1 aromatic rings. The maximum atomic E-state index is 11.2. The van der Waals surface area contributed by atoms with Crippen molar-refractivity contribution in [3.63, 3.8) is 0 Å². The minimum Gasteiger partial charge on any atom is -0.480 e. The third-order valence-corrected chi connectivity index (χ3v) is 1.98. The van der Waals surface area contributed by atoms with Gasteiger partial charge in [0.1, 0.15) is 19.0 Å². The molecule has 0 fully saturated rings. The number of aliphatic carboxylic acids is 1. The first-order chi connectivity index (χ1) is 8.63. The number of amides is 1. The molecule has 0 aromatic carbocycles. The topological polar surface area (TPSA) is 101 Å². The van der Waals surface area contributed by atoms with Crippen molar-refractivity contribution in [3.05, 3.63) is 36.9 Å². The first-order valence-corrected chi connectivity index (χ1v) is 5.14. The van der Waals surface area contributed by atoms with Crippen LogP contribution in [0.5, 0.6) is 0 Å². The highest BCUT2D eigenvalue weighted by Gasteiger charge is 2.21. The summed E-state index contributed by atoms with van der Waals surface area (Å²) < 4.78 is 4.65. The third kappa shape index (κ3) is 4.60. The molecule has 1 aromatic heterocycles. The van der Waals surface area contributed by atoms with E-state index in [1.54, 1.807) is 0 Å². The number of rotatable bonds is 6. The van der Waals surface area contributed by atoms with Gasteiger partial charge >= 0.3 is 12.1 Å². The van der Waals surface area contributed by atoms with Crippen molar-refractivity contribution in [3.8, 4) is 0 Å². The molecule has 0 saturated carbocycles. The van der Waals surface area contributed by atoms with Crippen molar-refractivity contribution >= 4 is 12.1 Å². The number of carbonyl (C=O) groups is 2. The lowest BCUT2D eigenvalue weighted by Gasteiger charge is -2.13. The number of carbonyl (C=O) groups excluding carboxylic acids is 1. The van der Waals surface area contributed by atoms with E-state index in [1.807, 2.05) is 0 Å². The van der Waals surface area contributed by atoms with E-state index in [0.29, 0.717) is 5.56 Å². The van der Waals surface area contributed by atoms with Gasteiger partial charge in [0.05, 0.1) is 0 Å². The number of ether oxygens (including phenoxy) is 1. The molecule has 1 heterocycles. The Morgan fingerprint density at radius 1 is 1.50 bits per heavy atom. The predicted molar refractivity (Wildman–Crippen MR) is 61.8 cm³/mol. The zero-order valence-corrected chi connectivity index (χ0v) is 9.57. The van der Waals surface area contributed by atoms with E-state index in [2.05, 4.69) is 26.6 Å². The summed E-state index contributed by atoms with van der Waals surface area (Å²) in [5, 5.41) is 11.2. The molecule has 0 radical (unpaired) electrons. The smallest absolute Gasteiger partial charge is 0.408 e. The fourth-order valence-corrected chi connectivity index (χ4v) is 1.19. The molecule has 0 aliphatic rings. The van der Waals surface area contributed by atoms with Crippen LogP contribution in [0.1, 0.15) is 5.56 Å². The molecule has 1 rings (SSSR count). The number of nitrogens with one attached hydrogen (secondary N) is 1. The zero-order chi connectivity index (χ0) is 13.4. The van der Waals surface area contributed by atoms with Gasteiger partial charge in [-0.25, -0.2) is 19.6 Å². The molecule has 2 N–H and O–H groups in total. The van der Waals surface area contributed by atoms with Crippen LogP contribution in [-0.2, 0) is 16.0 Å². The summed E-state index contributed by atoms with van der Waals surface area (Å²) in [7, 11) is 0. The number of hydrogen-bond acceptors (Lipinski definition) is 5. The summed E-state index contributed by atoms with van der Waals surface area (Å²) >= 11 is 0. The molecule has 18 heavy (non-hydrogen) atoms. The average molecular weight is 251 g/mol. The third-order valence-electron chi connectivity index (χ3n) is 1.98. The molecule has 1 unspecified atom stereocenters. The van der Waals surface area contributed by atoms with Crippen LogP contribution >= 0.6 is 0 Å². The standard InChI is InChI=1S/C11H13N3O4/c1-2-3-18-11(17)14-9(10(15)16)4-8-5-12-7-13-6-8/h2,5-7,9H,1,3-4H2,(H,14,17)(H,15,16). The van der Waals surface area contributed by atoms with Crippen LogP contribution in [0.4, 0.5) is 4.79 Å². The normalized spacial score (nSPS) is 11.3. The number of hydrogen-bond donors (Lipinski definition) is 2. The Hall–Kier alpha value is -2.44. The quantitative estimate of drug-likeness (QED) is 0.709. The van der Waals surface area contributed by atoms with Crippen molar-refractivity contribution in [2.75, 3.05) is 6.61 Å². The summed E-state index contributed by atoms with van der Waals surface area (Å²) in [6, 6.07) is -1.09. The molecule has 0 saturated heterocycles. The van der Waals surface area contributed by atoms with Crippen molar-refractivity contribution in [2.45, 2.75) is 12.5 Å². The second kappa shape index (κ2) is 7.00. The predicted octanol–water partition coefficient (Wildman–Crippen LogP) is 0.385. The van der Waals surface area contributed by atoms with Crippen LogP contribution < -0.4 is 5.32 Å². The van der Waals surface area contributed by atoms with Crippen molar-refractivity contribution in [1.82, 2.24) is 15.3 Å². The lowest BCUT2D eigenvalue weighted by molar-refractivity contribution is -0.139. The lowest BCUT2D eigenvalue weighted by atomic mass is 10.1. The number of carboxylic acid groups (broad SMARTS) is 1. The average Bonchev–Trinajstić information content (AvgIpc) is 2.36. The maximum absolute atomic E-state index is 11.2. The molecule has 96 valence electrons. The highest BCUT2D eigenvalue weighted by atomic mass is 16.5. The summed E-state index contributed by atoms with van der Waals surface area (Å²) in [5.74, 6) is -1.16. The summed E-state index contributed by atoms with van der Waals surface area (Å²) in [4.78, 5) is 29.7. The fourth-order valence-electron chi connectivity index (χ4n) is 1.19. The summed E-state index contributed by atoms with van der Waals surface area (Å²) in [6.07, 6.45) is 4.98. The Balaban J connectivity index is 2.58. The largest absolute Gasteiger partial charge is 0.480 e. The van der Waals surface area contributed by atoms with Gasteiger partial charge in [-0.2, -0.15) is 0 Å². The molecule has 1 amide bonds. The van der Waals surface area contributed by atoms with Crippen LogP contribution in [0.25, 0.3) is 0 Å². The minimum atomic E-state index is -1.16. The molecular weight excluding hydrogens is 238 g/mol. The molecule has 7 heteroatoms. The number of aromatic nitrogens is 2. The van der Waals surface area contributed by atoms with Crippen molar-refractivity contribution in [1.29, 1.82) is 0 Å². The Labute approximate surface area is 104 Å². The number of alkyl carbamates (subject to hydrolysis) is 1. The van der Waals surface area contributed by atoms with Gasteiger partial charge in [-0.1, -0.05) is 12.7 Å². The minimum absolute atomic E-state index is 0.0205. The van der Waals surface area contributed by atoms with Crippen LogP contribution in [0, 0.1) is 0 Å². The van der Waals surface area contributed by atoms with Crippen LogP contribution in [0.2, 0.25) is 0 Å². The zero-order valence-electron chi connectivity index (χ0n) is 9.57. The molecular formula is C11H13N3O4. The highest BCUT2D eigenvalue weighted by molar-refractivity contribution is 5.80. The van der Waals surface area contributed by atoms with E-state index >= 15 is 0 Å². The summed E-state index contributed by atoms with van der Waals surface area (Å²) in [6.45, 7) is 3.40. The van der Waals surface area contributed by atoms with Crippen LogP contribution in [0.3, 0.4) is 0 Å². The molecule has 0 spiro atoms. The van der Waals surface area contributed by atoms with Crippen molar-refractivity contribution in [2.24, 2.45) is 0 Å². The Morgan fingerprint density at radius 2 is 2.17 bits per heavy atom. The summed E-state index contributed by atoms with van der Waals surface area (Å²) in [5.41, 5.74) is 0.605. The van der Waals surface area contributed by atoms with E-state index in [-0.39, 0.29) is 13.0 Å². The van der Waals surface area contributed by atoms with Gasteiger partial charge in [-0.3, -0.25) is 0 Å². The van der Waals surface area contributed by atoms with Gasteiger partial charge in [0.2, 0.25) is 0 Å². The van der Waals surface area contributed by atoms with Gasteiger partial charge in [0.15, 0.2) is 0 Å². The van der Waals surface area contributed by atoms with Gasteiger partial charge in [-0.05, 0) is 5.56 Å². The first-order valence-electron chi connectivity index (χ1n) is 5.14. The number of carboxylic acids is 1. The molecule has 0 aliphatic heterocycles. The molecule has 7 nitrogen and oxygen atoms in total. The molecule has 1 atom stereocenters. The highest BCUT2D eigenvalue weighted by Crippen LogP contribution is 2.00. The SMILES string of the molecule is C=CCOC(=O)NC(Cc1cncnc1)C(=O)O. The molecule has 0 bridgehead atoms. The van der Waals surface area contributed by atoms with Gasteiger partial charge in [-0.15, -0.1) is 0 Å². The van der Waals surface area contributed by atoms with Gasteiger partial charge < -0.3 is 15.2 Å². The first kappa shape index (κ1) is 13.6. The van der Waals surface area contributed by atoms with E-state index in [0.717, 1.165) is 0 Å². The Kier molecular flexibility index (Phi) is 5.30. The van der Waals surface area contributed by atoms with Gasteiger partial charge in [0, 0.05) is 18.8 Å². The molecule has 0 aliphatic carbocycles. The second-order valence-corrected chi connectivity index (χ2v) is 3.37. The van der Waals surface area contributed by atoms with E-state index < -0.39 is 18.1 Å². The Morgan fingerprint density at radius 3 is 2.72 bits per heavy atom. The number of nitrogens with zero attached hydrogens (tertiary/aromatic N) is 2. The van der Waals surface area contributed by atoms with Crippen molar-refractivity contribution < 1.29 is 19.4 Å². The maximum Gasteiger partial charge on any atom is 0.408 e. The van der Waals surface area contributed by atoms with E-state index in [9.17, 15) is 9.59 Å². The van der Waals surface area contributed by atoms with Crippen LogP contribution in [-0.4, -0.2) is 39.8 Å².